The number of carbonyl (C=O) groups excluding carboxylic acids is 1. The van der Waals surface area contributed by atoms with Crippen molar-refractivity contribution in [3.05, 3.63) is 41.0 Å². The maximum absolute atomic E-state index is 13.1. The Morgan fingerprint density at radius 1 is 1.19 bits per heavy atom. The predicted octanol–water partition coefficient (Wildman–Crippen LogP) is 3.40. The molecule has 7 nitrogen and oxygen atoms in total. The number of rotatable bonds is 5. The third-order valence-electron chi connectivity index (χ3n) is 6.88. The van der Waals surface area contributed by atoms with Crippen LogP contribution in [0.4, 0.5) is 11.6 Å². The predicted molar refractivity (Wildman–Crippen MR) is 122 cm³/mol. The number of carbonyl (C=O) groups is 1. The van der Waals surface area contributed by atoms with Gasteiger partial charge in [-0.25, -0.2) is 15.0 Å². The molecule has 1 atom stereocenters. The Kier molecular flexibility index (Phi) is 5.50. The van der Waals surface area contributed by atoms with Crippen LogP contribution in [0.25, 0.3) is 0 Å². The summed E-state index contributed by atoms with van der Waals surface area (Å²) in [5.74, 6) is 3.89. The Balaban J connectivity index is 1.37. The lowest BCUT2D eigenvalue weighted by Gasteiger charge is -2.34. The van der Waals surface area contributed by atoms with E-state index in [-0.39, 0.29) is 11.8 Å². The van der Waals surface area contributed by atoms with E-state index in [1.165, 1.54) is 24.8 Å². The van der Waals surface area contributed by atoms with Crippen molar-refractivity contribution in [2.45, 2.75) is 51.4 Å². The van der Waals surface area contributed by atoms with Crippen LogP contribution in [0.1, 0.15) is 65.5 Å². The van der Waals surface area contributed by atoms with Crippen LogP contribution in [0.2, 0.25) is 0 Å². The first-order valence-electron chi connectivity index (χ1n) is 11.7. The van der Waals surface area contributed by atoms with Crippen molar-refractivity contribution in [2.75, 3.05) is 43.4 Å². The fourth-order valence-electron chi connectivity index (χ4n) is 4.94. The molecule has 1 aliphatic carbocycles. The van der Waals surface area contributed by atoms with Crippen LogP contribution in [-0.2, 0) is 6.42 Å². The van der Waals surface area contributed by atoms with Crippen LogP contribution >= 0.6 is 0 Å². The summed E-state index contributed by atoms with van der Waals surface area (Å²) in [6, 6.07) is 3.61. The zero-order chi connectivity index (χ0) is 21.4. The third kappa shape index (κ3) is 4.23. The fraction of sp³-hybridized carbons (Fsp3) is 0.583. The Hall–Kier alpha value is -2.70. The van der Waals surface area contributed by atoms with Crippen molar-refractivity contribution >= 4 is 17.5 Å². The number of hydrogen-bond donors (Lipinski definition) is 1. The molecule has 1 saturated carbocycles. The van der Waals surface area contributed by atoms with Crippen molar-refractivity contribution in [1.82, 2.24) is 19.9 Å². The van der Waals surface area contributed by atoms with Gasteiger partial charge in [-0.3, -0.25) is 4.79 Å². The largest absolute Gasteiger partial charge is 0.373 e. The number of likely N-dealkylation sites (tertiary alicyclic amines) is 1. The zero-order valence-corrected chi connectivity index (χ0v) is 18.6. The second-order valence-electron chi connectivity index (χ2n) is 9.23. The van der Waals surface area contributed by atoms with Gasteiger partial charge in [-0.1, -0.05) is 0 Å². The SMILES string of the molecule is CNc1cc(C(=O)N2CCC[C@H](c3nc(C)c4c(n3)N(CC3CC3)CCC4)C2)ccn1. The average molecular weight is 421 g/mol. The van der Waals surface area contributed by atoms with E-state index >= 15 is 0 Å². The number of amides is 1. The zero-order valence-electron chi connectivity index (χ0n) is 18.6. The van der Waals surface area contributed by atoms with Crippen molar-refractivity contribution in [1.29, 1.82) is 0 Å². The topological polar surface area (TPSA) is 74.2 Å². The quantitative estimate of drug-likeness (QED) is 0.799. The van der Waals surface area contributed by atoms with Gasteiger partial charge in [-0.2, -0.15) is 0 Å². The normalized spacial score (nSPS) is 21.0. The van der Waals surface area contributed by atoms with Gasteiger partial charge in [-0.05, 0) is 63.5 Å². The molecule has 2 aliphatic heterocycles. The number of nitrogens with zero attached hydrogens (tertiary/aromatic N) is 5. The molecular weight excluding hydrogens is 388 g/mol. The summed E-state index contributed by atoms with van der Waals surface area (Å²) in [6.07, 6.45) is 8.67. The number of pyridine rings is 1. The van der Waals surface area contributed by atoms with Gasteiger partial charge < -0.3 is 15.1 Å². The Labute approximate surface area is 184 Å². The number of anilines is 2. The Morgan fingerprint density at radius 3 is 2.87 bits per heavy atom. The third-order valence-corrected chi connectivity index (χ3v) is 6.88. The standard InChI is InChI=1S/C24H32N6O/c1-16-20-6-4-11-29(14-17-7-8-17)23(20)28-22(27-16)19-5-3-12-30(15-19)24(31)18-9-10-26-21(13-18)25-2/h9-10,13,17,19H,3-8,11-12,14-15H2,1-2H3,(H,25,26)/t19-/m0/s1. The number of hydrogen-bond acceptors (Lipinski definition) is 6. The van der Waals surface area contributed by atoms with Crippen LogP contribution in [0, 0.1) is 12.8 Å². The molecule has 2 fully saturated rings. The second-order valence-corrected chi connectivity index (χ2v) is 9.23. The Morgan fingerprint density at radius 2 is 2.06 bits per heavy atom. The highest BCUT2D eigenvalue weighted by atomic mass is 16.2. The van der Waals surface area contributed by atoms with E-state index in [2.05, 4.69) is 22.1 Å². The molecule has 0 bridgehead atoms. The summed E-state index contributed by atoms with van der Waals surface area (Å²) in [4.78, 5) is 31.9. The van der Waals surface area contributed by atoms with Crippen molar-refractivity contribution in [3.8, 4) is 0 Å². The van der Waals surface area contributed by atoms with E-state index < -0.39 is 0 Å². The number of aromatic nitrogens is 3. The molecule has 0 spiro atoms. The van der Waals surface area contributed by atoms with Crippen LogP contribution in [-0.4, -0.2) is 59.0 Å². The molecule has 1 amide bonds. The molecule has 164 valence electrons. The van der Waals surface area contributed by atoms with Gasteiger partial charge in [-0.15, -0.1) is 0 Å². The van der Waals surface area contributed by atoms with E-state index in [0.717, 1.165) is 62.2 Å². The number of fused-ring (bicyclic) bond motifs is 1. The summed E-state index contributed by atoms with van der Waals surface area (Å²) >= 11 is 0. The first-order chi connectivity index (χ1) is 15.1. The van der Waals surface area contributed by atoms with E-state index in [9.17, 15) is 4.79 Å². The van der Waals surface area contributed by atoms with Gasteiger partial charge in [0, 0.05) is 62.2 Å². The van der Waals surface area contributed by atoms with Gasteiger partial charge in [0.25, 0.3) is 5.91 Å². The molecule has 1 N–H and O–H groups in total. The number of nitrogens with one attached hydrogen (secondary N) is 1. The van der Waals surface area contributed by atoms with Crippen LogP contribution in [0.15, 0.2) is 18.3 Å². The molecule has 2 aromatic rings. The van der Waals surface area contributed by atoms with Crippen LogP contribution in [0.3, 0.4) is 0 Å². The van der Waals surface area contributed by atoms with Crippen LogP contribution in [0.5, 0.6) is 0 Å². The van der Waals surface area contributed by atoms with Gasteiger partial charge in [0.15, 0.2) is 0 Å². The van der Waals surface area contributed by atoms with Crippen molar-refractivity contribution in [3.63, 3.8) is 0 Å². The highest BCUT2D eigenvalue weighted by molar-refractivity contribution is 5.95. The second kappa shape index (κ2) is 8.44. The lowest BCUT2D eigenvalue weighted by Crippen LogP contribution is -2.40. The first kappa shape index (κ1) is 20.2. The maximum atomic E-state index is 13.1. The van der Waals surface area contributed by atoms with E-state index in [1.807, 2.05) is 18.0 Å². The molecule has 0 radical (unpaired) electrons. The highest BCUT2D eigenvalue weighted by Gasteiger charge is 2.32. The lowest BCUT2D eigenvalue weighted by molar-refractivity contribution is 0.0704. The minimum absolute atomic E-state index is 0.0636. The molecule has 31 heavy (non-hydrogen) atoms. The summed E-state index contributed by atoms with van der Waals surface area (Å²) < 4.78 is 0. The van der Waals surface area contributed by atoms with Crippen molar-refractivity contribution in [2.24, 2.45) is 5.92 Å². The van der Waals surface area contributed by atoms with Crippen LogP contribution < -0.4 is 10.2 Å². The molecule has 1 saturated heterocycles. The molecule has 0 aromatic carbocycles. The van der Waals surface area contributed by atoms with Gasteiger partial charge in [0.05, 0.1) is 0 Å². The smallest absolute Gasteiger partial charge is 0.254 e. The molecule has 4 heterocycles. The van der Waals surface area contributed by atoms with E-state index in [0.29, 0.717) is 17.9 Å². The summed E-state index contributed by atoms with van der Waals surface area (Å²) in [6.45, 7) is 5.83. The van der Waals surface area contributed by atoms with E-state index in [1.54, 1.807) is 12.3 Å². The van der Waals surface area contributed by atoms with Gasteiger partial charge in [0.1, 0.15) is 17.5 Å². The molecule has 5 rings (SSSR count). The summed E-state index contributed by atoms with van der Waals surface area (Å²) in [7, 11) is 1.82. The average Bonchev–Trinajstić information content (AvgIpc) is 3.63. The first-order valence-corrected chi connectivity index (χ1v) is 11.7. The highest BCUT2D eigenvalue weighted by Crippen LogP contribution is 2.36. The molecule has 3 aliphatic rings. The lowest BCUT2D eigenvalue weighted by atomic mass is 9.95. The summed E-state index contributed by atoms with van der Waals surface area (Å²) in [5.41, 5.74) is 3.13. The Bertz CT molecular complexity index is 973. The molecule has 0 unspecified atom stereocenters. The van der Waals surface area contributed by atoms with Gasteiger partial charge >= 0.3 is 0 Å². The number of piperidine rings is 1. The fourth-order valence-corrected chi connectivity index (χ4v) is 4.94. The molecular formula is C24H32N6O. The minimum atomic E-state index is 0.0636. The van der Waals surface area contributed by atoms with E-state index in [4.69, 9.17) is 9.97 Å². The molecule has 2 aromatic heterocycles. The summed E-state index contributed by atoms with van der Waals surface area (Å²) in [5, 5.41) is 3.01. The molecule has 7 heteroatoms. The maximum Gasteiger partial charge on any atom is 0.254 e. The van der Waals surface area contributed by atoms with Crippen molar-refractivity contribution < 1.29 is 4.79 Å². The number of aryl methyl sites for hydroxylation is 1. The minimum Gasteiger partial charge on any atom is -0.373 e. The van der Waals surface area contributed by atoms with Gasteiger partial charge in [0.2, 0.25) is 0 Å². The monoisotopic (exact) mass is 420 g/mol.